The van der Waals surface area contributed by atoms with Crippen LogP contribution in [0.3, 0.4) is 0 Å². The van der Waals surface area contributed by atoms with Crippen LogP contribution in [0.4, 0.5) is 0 Å². The molecule has 0 radical (unpaired) electrons. The summed E-state index contributed by atoms with van der Waals surface area (Å²) in [6, 6.07) is 15.5. The van der Waals surface area contributed by atoms with E-state index in [2.05, 4.69) is 9.98 Å². The minimum atomic E-state index is -0.589. The van der Waals surface area contributed by atoms with E-state index in [9.17, 15) is 4.79 Å². The van der Waals surface area contributed by atoms with Crippen molar-refractivity contribution in [1.29, 1.82) is 5.26 Å². The molecule has 0 aliphatic rings. The van der Waals surface area contributed by atoms with Crippen LogP contribution < -0.4 is 10.2 Å². The SMILES string of the molecule is N#CN=c1c(C(=O)Oc2ccccc2)cccn1Cc1ccc(Cl)nc1. The summed E-state index contributed by atoms with van der Waals surface area (Å²) >= 11 is 5.80. The van der Waals surface area contributed by atoms with Gasteiger partial charge in [-0.15, -0.1) is 0 Å². The highest BCUT2D eigenvalue weighted by molar-refractivity contribution is 6.29. The maximum atomic E-state index is 12.5. The van der Waals surface area contributed by atoms with Crippen LogP contribution in [0.2, 0.25) is 5.15 Å². The zero-order valence-electron chi connectivity index (χ0n) is 13.5. The number of ether oxygens (including phenoxy) is 1. The summed E-state index contributed by atoms with van der Waals surface area (Å²) in [6.07, 6.45) is 5.09. The predicted molar refractivity (Wildman–Crippen MR) is 95.4 cm³/mol. The molecule has 0 bridgehead atoms. The first-order valence-corrected chi connectivity index (χ1v) is 8.05. The summed E-state index contributed by atoms with van der Waals surface area (Å²) in [5, 5.41) is 9.42. The average Bonchev–Trinajstić information content (AvgIpc) is 2.66. The molecule has 0 saturated carbocycles. The van der Waals surface area contributed by atoms with E-state index < -0.39 is 5.97 Å². The molecule has 2 heterocycles. The first-order chi connectivity index (χ1) is 12.7. The molecular formula is C19H13ClN4O2. The van der Waals surface area contributed by atoms with E-state index in [-0.39, 0.29) is 11.1 Å². The molecular weight excluding hydrogens is 352 g/mol. The van der Waals surface area contributed by atoms with Gasteiger partial charge in [0.05, 0.1) is 6.54 Å². The Morgan fingerprint density at radius 1 is 1.19 bits per heavy atom. The highest BCUT2D eigenvalue weighted by Crippen LogP contribution is 2.11. The number of benzene rings is 1. The largest absolute Gasteiger partial charge is 0.423 e. The Bertz CT molecular complexity index is 1020. The van der Waals surface area contributed by atoms with Crippen molar-refractivity contribution in [3.63, 3.8) is 0 Å². The number of carbonyl (C=O) groups excluding carboxylic acids is 1. The molecule has 0 N–H and O–H groups in total. The number of halogens is 1. The molecule has 0 fully saturated rings. The summed E-state index contributed by atoms with van der Waals surface area (Å²) in [4.78, 5) is 20.4. The van der Waals surface area contributed by atoms with Crippen LogP contribution >= 0.6 is 11.6 Å². The van der Waals surface area contributed by atoms with Crippen molar-refractivity contribution in [1.82, 2.24) is 9.55 Å². The van der Waals surface area contributed by atoms with Crippen molar-refractivity contribution >= 4 is 17.6 Å². The van der Waals surface area contributed by atoms with E-state index in [0.717, 1.165) is 5.56 Å². The van der Waals surface area contributed by atoms with E-state index >= 15 is 0 Å². The number of nitriles is 1. The topological polar surface area (TPSA) is 80.3 Å². The Hall–Kier alpha value is -3.43. The lowest BCUT2D eigenvalue weighted by Gasteiger charge is -2.10. The number of pyridine rings is 2. The monoisotopic (exact) mass is 364 g/mol. The second-order valence-electron chi connectivity index (χ2n) is 5.28. The molecule has 0 unspecified atom stereocenters. The maximum Gasteiger partial charge on any atom is 0.347 e. The van der Waals surface area contributed by atoms with Crippen LogP contribution in [0.25, 0.3) is 0 Å². The number of hydrogen-bond acceptors (Lipinski definition) is 5. The van der Waals surface area contributed by atoms with E-state index in [4.69, 9.17) is 21.6 Å². The molecule has 0 aliphatic carbocycles. The number of rotatable bonds is 4. The van der Waals surface area contributed by atoms with Crippen molar-refractivity contribution in [3.05, 3.63) is 88.8 Å². The molecule has 0 amide bonds. The van der Waals surface area contributed by atoms with Gasteiger partial charge in [-0.3, -0.25) is 0 Å². The van der Waals surface area contributed by atoms with Crippen LogP contribution in [-0.2, 0) is 6.54 Å². The molecule has 128 valence electrons. The van der Waals surface area contributed by atoms with Gasteiger partial charge in [0.2, 0.25) is 6.19 Å². The fourth-order valence-electron chi connectivity index (χ4n) is 2.35. The Labute approximate surface area is 154 Å². The van der Waals surface area contributed by atoms with Gasteiger partial charge in [-0.25, -0.2) is 9.78 Å². The van der Waals surface area contributed by atoms with E-state index in [1.54, 1.807) is 65.6 Å². The van der Waals surface area contributed by atoms with Crippen molar-refractivity contribution < 1.29 is 9.53 Å². The Balaban J connectivity index is 1.96. The number of nitrogens with zero attached hydrogens (tertiary/aromatic N) is 4. The van der Waals surface area contributed by atoms with E-state index in [1.807, 2.05) is 12.1 Å². The van der Waals surface area contributed by atoms with Gasteiger partial charge in [-0.1, -0.05) is 35.9 Å². The lowest BCUT2D eigenvalue weighted by Crippen LogP contribution is -2.29. The number of esters is 1. The second-order valence-corrected chi connectivity index (χ2v) is 5.66. The summed E-state index contributed by atoms with van der Waals surface area (Å²) in [7, 11) is 0. The third-order valence-electron chi connectivity index (χ3n) is 3.51. The third kappa shape index (κ3) is 4.15. The molecule has 0 spiro atoms. The quantitative estimate of drug-likeness (QED) is 0.308. The Kier molecular flexibility index (Phi) is 5.42. The molecule has 26 heavy (non-hydrogen) atoms. The number of para-hydroxylation sites is 1. The number of carbonyl (C=O) groups is 1. The minimum Gasteiger partial charge on any atom is -0.423 e. The fraction of sp³-hybridized carbons (Fsp3) is 0.0526. The summed E-state index contributed by atoms with van der Waals surface area (Å²) in [6.45, 7) is 0.372. The van der Waals surface area contributed by atoms with E-state index in [1.165, 1.54) is 0 Å². The highest BCUT2D eigenvalue weighted by atomic mass is 35.5. The second kappa shape index (κ2) is 8.10. The van der Waals surface area contributed by atoms with Gasteiger partial charge < -0.3 is 9.30 Å². The van der Waals surface area contributed by atoms with Gasteiger partial charge in [0.25, 0.3) is 0 Å². The Morgan fingerprint density at radius 3 is 2.69 bits per heavy atom. The third-order valence-corrected chi connectivity index (χ3v) is 3.74. The van der Waals surface area contributed by atoms with Gasteiger partial charge in [-0.05, 0) is 35.9 Å². The van der Waals surface area contributed by atoms with Gasteiger partial charge >= 0.3 is 5.97 Å². The smallest absolute Gasteiger partial charge is 0.347 e. The van der Waals surface area contributed by atoms with Crippen molar-refractivity contribution in [2.24, 2.45) is 4.99 Å². The lowest BCUT2D eigenvalue weighted by atomic mass is 10.2. The molecule has 0 saturated heterocycles. The average molecular weight is 365 g/mol. The summed E-state index contributed by atoms with van der Waals surface area (Å²) in [5.74, 6) is -0.175. The molecule has 3 rings (SSSR count). The molecule has 7 heteroatoms. The van der Waals surface area contributed by atoms with Crippen molar-refractivity contribution in [2.45, 2.75) is 6.54 Å². The number of hydrogen-bond donors (Lipinski definition) is 0. The zero-order chi connectivity index (χ0) is 18.4. The van der Waals surface area contributed by atoms with Crippen LogP contribution in [0, 0.1) is 11.5 Å². The molecule has 0 aliphatic heterocycles. The van der Waals surface area contributed by atoms with Crippen molar-refractivity contribution in [2.75, 3.05) is 0 Å². The van der Waals surface area contributed by atoms with Crippen molar-refractivity contribution in [3.8, 4) is 11.9 Å². The van der Waals surface area contributed by atoms with Crippen LogP contribution in [0.1, 0.15) is 15.9 Å². The minimum absolute atomic E-state index is 0.194. The first kappa shape index (κ1) is 17.4. The Morgan fingerprint density at radius 2 is 2.00 bits per heavy atom. The molecule has 6 nitrogen and oxygen atoms in total. The standard InChI is InChI=1S/C19H13ClN4O2/c20-17-9-8-14(11-22-17)12-24-10-4-7-16(18(24)23-13-21)19(25)26-15-5-2-1-3-6-15/h1-11H,12H2. The van der Waals surface area contributed by atoms with Gasteiger partial charge in [0.15, 0.2) is 5.49 Å². The molecule has 1 aromatic carbocycles. The van der Waals surface area contributed by atoms with Gasteiger partial charge in [-0.2, -0.15) is 10.3 Å². The van der Waals surface area contributed by atoms with Gasteiger partial charge in [0.1, 0.15) is 16.5 Å². The molecule has 3 aromatic rings. The van der Waals surface area contributed by atoms with Gasteiger partial charge in [0, 0.05) is 12.4 Å². The molecule has 0 atom stereocenters. The summed E-state index contributed by atoms with van der Waals surface area (Å²) in [5.41, 5.74) is 1.26. The van der Waals surface area contributed by atoms with Crippen LogP contribution in [0.15, 0.2) is 72.0 Å². The number of aromatic nitrogens is 2. The fourth-order valence-corrected chi connectivity index (χ4v) is 2.46. The zero-order valence-corrected chi connectivity index (χ0v) is 14.3. The maximum absolute atomic E-state index is 12.5. The van der Waals surface area contributed by atoms with Crippen LogP contribution in [-0.4, -0.2) is 15.5 Å². The van der Waals surface area contributed by atoms with E-state index in [0.29, 0.717) is 17.4 Å². The highest BCUT2D eigenvalue weighted by Gasteiger charge is 2.13. The summed E-state index contributed by atoms with van der Waals surface area (Å²) < 4.78 is 7.03. The lowest BCUT2D eigenvalue weighted by molar-refractivity contribution is 0.0732. The first-order valence-electron chi connectivity index (χ1n) is 7.67. The molecule has 2 aromatic heterocycles. The van der Waals surface area contributed by atoms with Crippen LogP contribution in [0.5, 0.6) is 5.75 Å². The normalized spacial score (nSPS) is 11.0. The predicted octanol–water partition coefficient (Wildman–Crippen LogP) is 3.19.